The molecule has 0 saturated heterocycles. The Balaban J connectivity index is 1.62. The minimum Gasteiger partial charge on any atom is -0.399 e. The first-order chi connectivity index (χ1) is 13.8. The molecule has 0 aliphatic heterocycles. The number of hydrogen-bond donors (Lipinski definition) is 1. The van der Waals surface area contributed by atoms with E-state index in [0.717, 1.165) is 28.4 Å². The molecule has 0 aliphatic rings. The van der Waals surface area contributed by atoms with E-state index in [-0.39, 0.29) is 0 Å². The molecule has 0 heterocycles. The zero-order chi connectivity index (χ0) is 19.2. The second kappa shape index (κ2) is 8.18. The number of hydrogen-bond acceptors (Lipinski definition) is 4. The number of nitrogens with zero attached hydrogens (tertiary/aromatic N) is 3. The van der Waals surface area contributed by atoms with Crippen molar-refractivity contribution >= 4 is 34.1 Å². The molecule has 2 N–H and O–H groups in total. The summed E-state index contributed by atoms with van der Waals surface area (Å²) < 4.78 is 0. The van der Waals surface area contributed by atoms with Crippen LogP contribution >= 0.6 is 0 Å². The smallest absolute Gasteiger partial charge is 0.0858 e. The molecule has 4 heteroatoms. The van der Waals surface area contributed by atoms with Crippen molar-refractivity contribution in [1.82, 2.24) is 0 Å². The zero-order valence-electron chi connectivity index (χ0n) is 15.3. The van der Waals surface area contributed by atoms with E-state index >= 15 is 0 Å². The van der Waals surface area contributed by atoms with Crippen LogP contribution in [0.2, 0.25) is 0 Å². The number of nitrogen functional groups attached to an aromatic ring is 1. The molecule has 0 atom stereocenters. The van der Waals surface area contributed by atoms with Crippen LogP contribution in [0.3, 0.4) is 0 Å². The van der Waals surface area contributed by atoms with Gasteiger partial charge in [-0.2, -0.15) is 10.2 Å². The monoisotopic (exact) mass is 364 g/mol. The lowest BCUT2D eigenvalue weighted by atomic mass is 10.2. The summed E-state index contributed by atoms with van der Waals surface area (Å²) >= 11 is 0. The van der Waals surface area contributed by atoms with Gasteiger partial charge in [-0.05, 0) is 72.8 Å². The number of azo groups is 1. The van der Waals surface area contributed by atoms with Crippen LogP contribution in [-0.2, 0) is 0 Å². The molecule has 0 spiro atoms. The normalized spacial score (nSPS) is 10.9. The molecule has 4 aromatic carbocycles. The van der Waals surface area contributed by atoms with Gasteiger partial charge in [0.2, 0.25) is 0 Å². The molecule has 4 aromatic rings. The highest BCUT2D eigenvalue weighted by Gasteiger charge is 2.11. The molecule has 0 amide bonds. The van der Waals surface area contributed by atoms with E-state index in [2.05, 4.69) is 51.5 Å². The van der Waals surface area contributed by atoms with Gasteiger partial charge >= 0.3 is 0 Å². The van der Waals surface area contributed by atoms with E-state index < -0.39 is 0 Å². The first-order valence-corrected chi connectivity index (χ1v) is 9.07. The predicted molar refractivity (Wildman–Crippen MR) is 116 cm³/mol. The fourth-order valence-corrected chi connectivity index (χ4v) is 2.93. The molecular weight excluding hydrogens is 344 g/mol. The van der Waals surface area contributed by atoms with Gasteiger partial charge < -0.3 is 10.6 Å². The molecule has 0 saturated carbocycles. The zero-order valence-corrected chi connectivity index (χ0v) is 15.3. The van der Waals surface area contributed by atoms with Gasteiger partial charge in [0.25, 0.3) is 0 Å². The van der Waals surface area contributed by atoms with Crippen LogP contribution in [-0.4, -0.2) is 0 Å². The van der Waals surface area contributed by atoms with Gasteiger partial charge in [0.05, 0.1) is 11.4 Å². The summed E-state index contributed by atoms with van der Waals surface area (Å²) in [4.78, 5) is 2.21. The first kappa shape index (κ1) is 17.5. The van der Waals surface area contributed by atoms with Crippen LogP contribution in [0.1, 0.15) is 0 Å². The Hall–Kier alpha value is -3.92. The Morgan fingerprint density at radius 1 is 0.464 bits per heavy atom. The summed E-state index contributed by atoms with van der Waals surface area (Å²) in [5.74, 6) is 0. The minimum atomic E-state index is 0.713. The van der Waals surface area contributed by atoms with E-state index in [1.165, 1.54) is 0 Å². The third-order valence-corrected chi connectivity index (χ3v) is 4.31. The van der Waals surface area contributed by atoms with Crippen molar-refractivity contribution in [3.05, 3.63) is 109 Å². The molecule has 0 unspecified atom stereocenters. The Bertz CT molecular complexity index is 1000. The van der Waals surface area contributed by atoms with E-state index in [1.807, 2.05) is 72.8 Å². The van der Waals surface area contributed by atoms with Gasteiger partial charge in [-0.1, -0.05) is 36.4 Å². The maximum atomic E-state index is 5.70. The third-order valence-electron chi connectivity index (χ3n) is 4.31. The highest BCUT2D eigenvalue weighted by Crippen LogP contribution is 2.35. The quantitative estimate of drug-likeness (QED) is 0.302. The van der Waals surface area contributed by atoms with Crippen molar-refractivity contribution in [3.8, 4) is 0 Å². The van der Waals surface area contributed by atoms with Crippen LogP contribution in [0.4, 0.5) is 34.1 Å². The number of para-hydroxylation sites is 2. The number of anilines is 4. The largest absolute Gasteiger partial charge is 0.399 e. The van der Waals surface area contributed by atoms with Gasteiger partial charge in [-0.3, -0.25) is 0 Å². The van der Waals surface area contributed by atoms with E-state index in [1.54, 1.807) is 0 Å². The van der Waals surface area contributed by atoms with Crippen molar-refractivity contribution in [2.24, 2.45) is 10.2 Å². The first-order valence-electron chi connectivity index (χ1n) is 9.07. The Morgan fingerprint density at radius 3 is 1.32 bits per heavy atom. The molecule has 136 valence electrons. The molecule has 0 aromatic heterocycles. The van der Waals surface area contributed by atoms with E-state index in [4.69, 9.17) is 5.73 Å². The summed E-state index contributed by atoms with van der Waals surface area (Å²) in [6, 6.07) is 36.0. The van der Waals surface area contributed by atoms with Gasteiger partial charge in [-0.25, -0.2) is 0 Å². The van der Waals surface area contributed by atoms with Crippen LogP contribution < -0.4 is 10.6 Å². The van der Waals surface area contributed by atoms with Gasteiger partial charge in [0, 0.05) is 22.7 Å². The van der Waals surface area contributed by atoms with Crippen molar-refractivity contribution in [2.45, 2.75) is 0 Å². The lowest BCUT2D eigenvalue weighted by Gasteiger charge is -2.25. The molecule has 0 fully saturated rings. The van der Waals surface area contributed by atoms with Crippen molar-refractivity contribution < 1.29 is 0 Å². The summed E-state index contributed by atoms with van der Waals surface area (Å²) in [5.41, 5.74) is 11.2. The number of rotatable bonds is 5. The predicted octanol–water partition coefficient (Wildman–Crippen LogP) is 7.15. The summed E-state index contributed by atoms with van der Waals surface area (Å²) in [6.45, 7) is 0. The van der Waals surface area contributed by atoms with E-state index in [0.29, 0.717) is 5.69 Å². The summed E-state index contributed by atoms with van der Waals surface area (Å²) in [7, 11) is 0. The lowest BCUT2D eigenvalue weighted by molar-refractivity contribution is 1.22. The molecule has 0 bridgehead atoms. The van der Waals surface area contributed by atoms with Crippen LogP contribution in [0.15, 0.2) is 119 Å². The Morgan fingerprint density at radius 2 is 0.857 bits per heavy atom. The second-order valence-electron chi connectivity index (χ2n) is 6.31. The maximum Gasteiger partial charge on any atom is 0.0858 e. The van der Waals surface area contributed by atoms with Crippen LogP contribution in [0.5, 0.6) is 0 Å². The summed E-state index contributed by atoms with van der Waals surface area (Å²) in [6.07, 6.45) is 0. The standard InChI is InChI=1S/C24H20N4/c25-19-11-13-20(14-12-19)26-27-21-15-17-24(18-16-21)28(22-7-3-1-4-8-22)23-9-5-2-6-10-23/h1-18H,25H2. The Kier molecular flexibility index (Phi) is 5.11. The highest BCUT2D eigenvalue weighted by atomic mass is 15.1. The molecule has 0 radical (unpaired) electrons. The molecule has 28 heavy (non-hydrogen) atoms. The Labute approximate surface area is 164 Å². The summed E-state index contributed by atoms with van der Waals surface area (Å²) in [5, 5.41) is 8.58. The minimum absolute atomic E-state index is 0.713. The van der Waals surface area contributed by atoms with Gasteiger partial charge in [0.15, 0.2) is 0 Å². The molecule has 4 rings (SSSR count). The van der Waals surface area contributed by atoms with Crippen molar-refractivity contribution in [2.75, 3.05) is 10.6 Å². The maximum absolute atomic E-state index is 5.70. The number of nitrogens with two attached hydrogens (primary N) is 1. The van der Waals surface area contributed by atoms with Gasteiger partial charge in [0.1, 0.15) is 0 Å². The average Bonchev–Trinajstić information content (AvgIpc) is 2.76. The van der Waals surface area contributed by atoms with Crippen LogP contribution in [0, 0.1) is 0 Å². The van der Waals surface area contributed by atoms with Crippen molar-refractivity contribution in [3.63, 3.8) is 0 Å². The molecular formula is C24H20N4. The fraction of sp³-hybridized carbons (Fsp3) is 0. The molecule has 0 aliphatic carbocycles. The topological polar surface area (TPSA) is 54.0 Å². The van der Waals surface area contributed by atoms with Crippen LogP contribution in [0.25, 0.3) is 0 Å². The van der Waals surface area contributed by atoms with E-state index in [9.17, 15) is 0 Å². The SMILES string of the molecule is Nc1ccc(N=Nc2ccc(N(c3ccccc3)c3ccccc3)cc2)cc1. The fourth-order valence-electron chi connectivity index (χ4n) is 2.93. The highest BCUT2D eigenvalue weighted by molar-refractivity contribution is 5.76. The number of benzene rings is 4. The molecule has 4 nitrogen and oxygen atoms in total. The van der Waals surface area contributed by atoms with Crippen molar-refractivity contribution in [1.29, 1.82) is 0 Å². The van der Waals surface area contributed by atoms with Gasteiger partial charge in [-0.15, -0.1) is 0 Å². The lowest BCUT2D eigenvalue weighted by Crippen LogP contribution is -2.09. The third kappa shape index (κ3) is 4.07. The second-order valence-corrected chi connectivity index (χ2v) is 6.31. The average molecular weight is 364 g/mol.